The number of carbonyl (C=O) groups is 2. The molecule has 3 aromatic rings. The topological polar surface area (TPSA) is 99.5 Å². The first kappa shape index (κ1) is 23.3. The van der Waals surface area contributed by atoms with Crippen LogP contribution in [0, 0.1) is 0 Å². The number of esters is 1. The molecule has 1 amide bonds. The van der Waals surface area contributed by atoms with E-state index in [9.17, 15) is 19.6 Å². The molecule has 1 spiro atoms. The number of benzene rings is 3. The number of hydrogen-bond acceptors (Lipinski definition) is 7. The molecule has 186 valence electrons. The van der Waals surface area contributed by atoms with Crippen molar-refractivity contribution in [3.63, 3.8) is 0 Å². The molecule has 3 aliphatic heterocycles. The predicted octanol–water partition coefficient (Wildman–Crippen LogP) is 2.16. The minimum atomic E-state index is -1.67. The summed E-state index contributed by atoms with van der Waals surface area (Å²) in [5.41, 5.74) is 2.98. The Hall–Kier alpha value is -4.08. The molecule has 3 heterocycles. The highest BCUT2D eigenvalue weighted by Gasteiger charge is 2.53. The van der Waals surface area contributed by atoms with Crippen LogP contribution in [0.25, 0.3) is 0 Å². The highest BCUT2D eigenvalue weighted by molar-refractivity contribution is 6.58. The van der Waals surface area contributed by atoms with Gasteiger partial charge in [0.15, 0.2) is 5.60 Å². The van der Waals surface area contributed by atoms with Crippen LogP contribution < -0.4 is 15.1 Å². The Kier molecular flexibility index (Phi) is 5.36. The first-order valence-electron chi connectivity index (χ1n) is 12.1. The lowest BCUT2D eigenvalue weighted by molar-refractivity contribution is -0.127. The Morgan fingerprint density at radius 2 is 1.62 bits per heavy atom. The smallest absolute Gasteiger partial charge is 0.456 e. The third-order valence-corrected chi connectivity index (χ3v) is 7.32. The van der Waals surface area contributed by atoms with Gasteiger partial charge in [0.05, 0.1) is 5.56 Å². The number of nitrogens with zero attached hydrogens (tertiary/aromatic N) is 2. The number of piperazine rings is 1. The van der Waals surface area contributed by atoms with Gasteiger partial charge in [-0.25, -0.2) is 4.79 Å². The Morgan fingerprint density at radius 3 is 2.32 bits per heavy atom. The third kappa shape index (κ3) is 3.54. The molecule has 0 radical (unpaired) electrons. The minimum absolute atomic E-state index is 0.0319. The number of hydrogen-bond donors (Lipinski definition) is 2. The Bertz CT molecular complexity index is 1460. The van der Waals surface area contributed by atoms with Gasteiger partial charge >= 0.3 is 13.1 Å². The number of anilines is 1. The molecule has 9 heteroatoms. The zero-order valence-corrected chi connectivity index (χ0v) is 20.3. The van der Waals surface area contributed by atoms with Crippen LogP contribution in [0.1, 0.15) is 34.0 Å². The van der Waals surface area contributed by atoms with Crippen molar-refractivity contribution < 1.29 is 29.1 Å². The monoisotopic (exact) mass is 496 g/mol. The molecular formula is C28H25BN2O6. The van der Waals surface area contributed by atoms with Gasteiger partial charge in [-0.2, -0.15) is 0 Å². The second kappa shape index (κ2) is 8.50. The Balaban J connectivity index is 1.43. The SMILES string of the molecule is C=C(C)C(=O)N1CCN(c2ccc3c(c2)Oc2cc(B(O)O)ccc2C32OC(=O)c3ccccc32)CC1. The summed E-state index contributed by atoms with van der Waals surface area (Å²) < 4.78 is 12.5. The molecule has 1 fully saturated rings. The molecule has 1 unspecified atom stereocenters. The lowest BCUT2D eigenvalue weighted by atomic mass is 9.74. The van der Waals surface area contributed by atoms with Crippen molar-refractivity contribution in [2.75, 3.05) is 31.1 Å². The van der Waals surface area contributed by atoms with Gasteiger partial charge in [0.2, 0.25) is 5.91 Å². The van der Waals surface area contributed by atoms with Crippen LogP contribution in [0.4, 0.5) is 5.69 Å². The number of fused-ring (bicyclic) bond motifs is 6. The van der Waals surface area contributed by atoms with E-state index in [1.165, 1.54) is 0 Å². The molecule has 2 N–H and O–H groups in total. The van der Waals surface area contributed by atoms with E-state index >= 15 is 0 Å². The molecule has 3 aromatic carbocycles. The molecule has 6 rings (SSSR count). The van der Waals surface area contributed by atoms with Crippen LogP contribution in [0.15, 0.2) is 72.8 Å². The van der Waals surface area contributed by atoms with Crippen molar-refractivity contribution in [2.45, 2.75) is 12.5 Å². The van der Waals surface area contributed by atoms with E-state index in [1.807, 2.05) is 30.3 Å². The summed E-state index contributed by atoms with van der Waals surface area (Å²) in [6.45, 7) is 7.95. The normalized spacial score (nSPS) is 19.5. The molecule has 3 aliphatic rings. The second-order valence-electron chi connectivity index (χ2n) is 9.59. The zero-order chi connectivity index (χ0) is 25.9. The average Bonchev–Trinajstić information content (AvgIpc) is 3.20. The number of rotatable bonds is 3. The van der Waals surface area contributed by atoms with E-state index in [0.29, 0.717) is 65.5 Å². The van der Waals surface area contributed by atoms with E-state index in [1.54, 1.807) is 42.2 Å². The number of carbonyl (C=O) groups excluding carboxylic acids is 2. The van der Waals surface area contributed by atoms with Gasteiger partial charge < -0.3 is 29.3 Å². The maximum Gasteiger partial charge on any atom is 0.488 e. The summed E-state index contributed by atoms with van der Waals surface area (Å²) in [7, 11) is -1.67. The molecule has 1 saturated heterocycles. The van der Waals surface area contributed by atoms with Crippen LogP contribution in [0.3, 0.4) is 0 Å². The summed E-state index contributed by atoms with van der Waals surface area (Å²) >= 11 is 0. The molecular weight excluding hydrogens is 471 g/mol. The predicted molar refractivity (Wildman–Crippen MR) is 138 cm³/mol. The van der Waals surface area contributed by atoms with Gasteiger partial charge in [0, 0.05) is 60.2 Å². The maximum atomic E-state index is 13.0. The van der Waals surface area contributed by atoms with Crippen LogP contribution in [-0.2, 0) is 15.1 Å². The van der Waals surface area contributed by atoms with Gasteiger partial charge in [0.1, 0.15) is 11.5 Å². The summed E-state index contributed by atoms with van der Waals surface area (Å²) in [5.74, 6) is 0.440. The fourth-order valence-electron chi connectivity index (χ4n) is 5.48. The van der Waals surface area contributed by atoms with Crippen molar-refractivity contribution >= 4 is 30.1 Å². The molecule has 0 bridgehead atoms. The Labute approximate surface area is 214 Å². The summed E-state index contributed by atoms with van der Waals surface area (Å²) in [6.07, 6.45) is 0. The molecule has 8 nitrogen and oxygen atoms in total. The fourth-order valence-corrected chi connectivity index (χ4v) is 5.48. The van der Waals surface area contributed by atoms with Gasteiger partial charge in [-0.3, -0.25) is 4.79 Å². The fraction of sp³-hybridized carbons (Fsp3) is 0.214. The summed E-state index contributed by atoms with van der Waals surface area (Å²) in [5, 5.41) is 19.5. The van der Waals surface area contributed by atoms with E-state index < -0.39 is 18.7 Å². The van der Waals surface area contributed by atoms with Crippen LogP contribution in [0.2, 0.25) is 0 Å². The Morgan fingerprint density at radius 1 is 0.946 bits per heavy atom. The first-order chi connectivity index (χ1) is 17.8. The molecule has 37 heavy (non-hydrogen) atoms. The van der Waals surface area contributed by atoms with Crippen LogP contribution in [-0.4, -0.2) is 60.1 Å². The quantitative estimate of drug-likeness (QED) is 0.326. The highest BCUT2D eigenvalue weighted by Crippen LogP contribution is 2.56. The summed E-state index contributed by atoms with van der Waals surface area (Å²) in [6, 6.07) is 18.0. The third-order valence-electron chi connectivity index (χ3n) is 7.32. The molecule has 0 aromatic heterocycles. The van der Waals surface area contributed by atoms with Crippen LogP contribution in [0.5, 0.6) is 11.5 Å². The van der Waals surface area contributed by atoms with Crippen molar-refractivity contribution in [1.82, 2.24) is 4.90 Å². The standard InChI is InChI=1S/C28H25BN2O6/c1-17(2)26(32)31-13-11-30(12-14-31)19-8-10-23-25(16-19)36-24-15-18(29(34)35)7-9-22(24)28(23)21-6-4-3-5-20(21)27(33)37-28/h3-10,15-16,34-35H,1,11-14H2,2H3. The van der Waals surface area contributed by atoms with Crippen LogP contribution >= 0.6 is 0 Å². The van der Waals surface area contributed by atoms with E-state index in [0.717, 1.165) is 5.69 Å². The highest BCUT2D eigenvalue weighted by atomic mass is 16.6. The van der Waals surface area contributed by atoms with Crippen molar-refractivity contribution in [3.05, 3.63) is 95.1 Å². The first-order valence-corrected chi connectivity index (χ1v) is 12.1. The lowest BCUT2D eigenvalue weighted by Crippen LogP contribution is -2.49. The molecule has 0 aliphatic carbocycles. The van der Waals surface area contributed by atoms with E-state index in [4.69, 9.17) is 9.47 Å². The van der Waals surface area contributed by atoms with Gasteiger partial charge in [-0.15, -0.1) is 0 Å². The minimum Gasteiger partial charge on any atom is -0.456 e. The van der Waals surface area contributed by atoms with Gasteiger partial charge in [-0.05, 0) is 36.7 Å². The van der Waals surface area contributed by atoms with Gasteiger partial charge in [-0.1, -0.05) is 36.9 Å². The zero-order valence-electron chi connectivity index (χ0n) is 20.3. The summed E-state index contributed by atoms with van der Waals surface area (Å²) in [4.78, 5) is 29.3. The largest absolute Gasteiger partial charge is 0.488 e. The van der Waals surface area contributed by atoms with E-state index in [2.05, 4.69) is 11.5 Å². The molecule has 1 atom stereocenters. The maximum absolute atomic E-state index is 13.0. The second-order valence-corrected chi connectivity index (χ2v) is 9.59. The molecule has 0 saturated carbocycles. The lowest BCUT2D eigenvalue weighted by Gasteiger charge is -2.39. The number of ether oxygens (including phenoxy) is 2. The van der Waals surface area contributed by atoms with Crippen molar-refractivity contribution in [2.24, 2.45) is 0 Å². The average molecular weight is 496 g/mol. The van der Waals surface area contributed by atoms with E-state index in [-0.39, 0.29) is 11.4 Å². The van der Waals surface area contributed by atoms with Crippen molar-refractivity contribution in [1.29, 1.82) is 0 Å². The number of amides is 1. The van der Waals surface area contributed by atoms with Crippen molar-refractivity contribution in [3.8, 4) is 11.5 Å². The van der Waals surface area contributed by atoms with Gasteiger partial charge in [0.25, 0.3) is 0 Å².